The Morgan fingerprint density at radius 2 is 1.96 bits per heavy atom. The van der Waals surface area contributed by atoms with Crippen LogP contribution in [0.4, 0.5) is 10.1 Å². The van der Waals surface area contributed by atoms with Crippen molar-refractivity contribution in [3.63, 3.8) is 0 Å². The molecule has 3 aromatic rings. The Kier molecular flexibility index (Phi) is 9.46. The van der Waals surface area contributed by atoms with Crippen molar-refractivity contribution in [3.05, 3.63) is 60.4 Å². The number of hydrogen-bond donors (Lipinski definition) is 3. The van der Waals surface area contributed by atoms with Crippen molar-refractivity contribution in [2.45, 2.75) is 86.8 Å². The number of aromatic nitrogens is 1. The van der Waals surface area contributed by atoms with Gasteiger partial charge in [-0.25, -0.2) is 17.8 Å². The van der Waals surface area contributed by atoms with E-state index in [9.17, 15) is 27.2 Å². The largest absolute Gasteiger partial charge is 0.497 e. The van der Waals surface area contributed by atoms with E-state index in [1.807, 2.05) is 30.4 Å². The van der Waals surface area contributed by atoms with Crippen LogP contribution in [0.3, 0.4) is 0 Å². The van der Waals surface area contributed by atoms with Gasteiger partial charge in [-0.15, -0.1) is 0 Å². The van der Waals surface area contributed by atoms with Crippen molar-refractivity contribution in [1.29, 1.82) is 0 Å². The maximum Gasteiger partial charge on any atom is 0.274 e. The zero-order chi connectivity index (χ0) is 35.0. The molecule has 2 aliphatic carbocycles. The first kappa shape index (κ1) is 34.2. The van der Waals surface area contributed by atoms with Crippen LogP contribution in [0.2, 0.25) is 0 Å². The standard InChI is InChI=1S/C35H40FN5O7S2/c1-47-24-10-7-9-23(17-24)37-28-11-6-4-2-3-5-8-21-19-35(21,33(44)40-50(45,46)26-13-14-26)39-31(42)29-18-25(20-41(29)32(28)43)48-34-38-27-15-12-22(36)16-30(27)49-34/h5,7-10,12,15-17,21,25-26,28-29,37H,2-4,6,11,13-14,18-20H2,1H3,(H,39,42)(H,40,44)/b8-5-/t21-,25-,28+,29+,35-/m1/s1. The topological polar surface area (TPSA) is 156 Å². The molecular weight excluding hydrogens is 686 g/mol. The molecule has 0 spiro atoms. The Hall–Kier alpha value is -4.24. The maximum atomic E-state index is 14.5. The minimum absolute atomic E-state index is 0.0656. The Bertz CT molecular complexity index is 1930. The number of carbonyl (C=O) groups excluding carboxylic acids is 3. The minimum Gasteiger partial charge on any atom is -0.497 e. The van der Waals surface area contributed by atoms with Crippen molar-refractivity contribution < 1.29 is 36.7 Å². The Morgan fingerprint density at radius 3 is 2.76 bits per heavy atom. The van der Waals surface area contributed by atoms with Crippen LogP contribution in [0.1, 0.15) is 57.8 Å². The summed E-state index contributed by atoms with van der Waals surface area (Å²) in [5.74, 6) is -1.80. The molecule has 50 heavy (non-hydrogen) atoms. The minimum atomic E-state index is -3.86. The van der Waals surface area contributed by atoms with Crippen LogP contribution in [0, 0.1) is 11.7 Å². The monoisotopic (exact) mass is 725 g/mol. The molecule has 4 aliphatic rings. The number of ether oxygens (including phenoxy) is 2. The lowest BCUT2D eigenvalue weighted by atomic mass is 10.0. The Balaban J connectivity index is 1.18. The second-order valence-corrected chi connectivity index (χ2v) is 16.5. The van der Waals surface area contributed by atoms with Gasteiger partial charge in [0.05, 0.1) is 29.1 Å². The number of carbonyl (C=O) groups is 3. The van der Waals surface area contributed by atoms with E-state index in [4.69, 9.17) is 9.47 Å². The number of methoxy groups -OCH3 is 1. The normalized spacial score (nSPS) is 28.0. The molecule has 12 nitrogen and oxygen atoms in total. The van der Waals surface area contributed by atoms with E-state index in [1.54, 1.807) is 19.2 Å². The fourth-order valence-corrected chi connectivity index (χ4v) is 9.10. The van der Waals surface area contributed by atoms with Gasteiger partial charge >= 0.3 is 0 Å². The summed E-state index contributed by atoms with van der Waals surface area (Å²) in [6.07, 6.45) is 8.27. The van der Waals surface area contributed by atoms with E-state index in [2.05, 4.69) is 20.3 Å². The number of thiazole rings is 1. The van der Waals surface area contributed by atoms with Gasteiger partial charge in [-0.1, -0.05) is 42.4 Å². The number of rotatable bonds is 8. The molecule has 0 unspecified atom stereocenters. The predicted octanol–water partition coefficient (Wildman–Crippen LogP) is 4.28. The lowest BCUT2D eigenvalue weighted by Gasteiger charge is -2.30. The summed E-state index contributed by atoms with van der Waals surface area (Å²) in [6, 6.07) is 9.83. The highest BCUT2D eigenvalue weighted by Gasteiger charge is 2.62. The quantitative estimate of drug-likeness (QED) is 0.289. The smallest absolute Gasteiger partial charge is 0.274 e. The van der Waals surface area contributed by atoms with E-state index in [-0.39, 0.29) is 30.5 Å². The number of halogens is 1. The zero-order valence-electron chi connectivity index (χ0n) is 27.6. The van der Waals surface area contributed by atoms with Crippen LogP contribution >= 0.6 is 11.3 Å². The van der Waals surface area contributed by atoms with E-state index in [1.165, 1.54) is 28.4 Å². The van der Waals surface area contributed by atoms with Crippen LogP contribution in [0.15, 0.2) is 54.6 Å². The number of nitrogens with zero attached hydrogens (tertiary/aromatic N) is 2. The van der Waals surface area contributed by atoms with Gasteiger partial charge in [-0.05, 0) is 68.9 Å². The van der Waals surface area contributed by atoms with Crippen molar-refractivity contribution in [1.82, 2.24) is 19.9 Å². The van der Waals surface area contributed by atoms with Gasteiger partial charge in [0.15, 0.2) is 0 Å². The van der Waals surface area contributed by atoms with Crippen LogP contribution in [-0.4, -0.2) is 78.7 Å². The third kappa shape index (κ3) is 7.29. The second-order valence-electron chi connectivity index (χ2n) is 13.5. The lowest BCUT2D eigenvalue weighted by Crippen LogP contribution is -2.57. The number of amides is 3. The first-order valence-electron chi connectivity index (χ1n) is 17.0. The molecule has 7 rings (SSSR count). The van der Waals surface area contributed by atoms with Crippen molar-refractivity contribution in [2.75, 3.05) is 19.0 Å². The first-order valence-corrected chi connectivity index (χ1v) is 19.4. The van der Waals surface area contributed by atoms with Crippen LogP contribution in [-0.2, 0) is 24.4 Å². The number of nitrogens with one attached hydrogen (secondary N) is 3. The van der Waals surface area contributed by atoms with E-state index < -0.39 is 62.5 Å². The van der Waals surface area contributed by atoms with Crippen molar-refractivity contribution in [3.8, 4) is 10.9 Å². The number of sulfonamides is 1. The van der Waals surface area contributed by atoms with Gasteiger partial charge in [-0.2, -0.15) is 0 Å². The number of fused-ring (bicyclic) bond motifs is 3. The van der Waals surface area contributed by atoms with E-state index in [0.717, 1.165) is 25.7 Å². The highest BCUT2D eigenvalue weighted by atomic mass is 32.2. The molecular formula is C35H40FN5O7S2. The molecule has 3 N–H and O–H groups in total. The van der Waals surface area contributed by atoms with Gasteiger partial charge in [0.25, 0.3) is 11.1 Å². The molecule has 2 aromatic carbocycles. The molecule has 3 amide bonds. The summed E-state index contributed by atoms with van der Waals surface area (Å²) in [5, 5.41) is 5.93. The van der Waals surface area contributed by atoms with Crippen LogP contribution < -0.4 is 24.8 Å². The molecule has 3 heterocycles. The summed E-state index contributed by atoms with van der Waals surface area (Å²) in [7, 11) is -2.30. The summed E-state index contributed by atoms with van der Waals surface area (Å²) < 4.78 is 53.9. The summed E-state index contributed by atoms with van der Waals surface area (Å²) >= 11 is 1.17. The van der Waals surface area contributed by atoms with Crippen LogP contribution in [0.5, 0.6) is 10.9 Å². The Morgan fingerprint density at radius 1 is 1.12 bits per heavy atom. The fourth-order valence-electron chi connectivity index (χ4n) is 6.83. The molecule has 2 saturated carbocycles. The van der Waals surface area contributed by atoms with E-state index in [0.29, 0.717) is 40.9 Å². The fraction of sp³-hybridized carbons (Fsp3) is 0.486. The molecule has 5 atom stereocenters. The number of benzene rings is 2. The lowest BCUT2D eigenvalue weighted by molar-refractivity contribution is -0.140. The van der Waals surface area contributed by atoms with Gasteiger partial charge in [0, 0.05) is 24.1 Å². The third-order valence-electron chi connectivity index (χ3n) is 9.85. The van der Waals surface area contributed by atoms with Crippen molar-refractivity contribution in [2.24, 2.45) is 5.92 Å². The Labute approximate surface area is 293 Å². The zero-order valence-corrected chi connectivity index (χ0v) is 29.2. The van der Waals surface area contributed by atoms with Gasteiger partial charge in [0.1, 0.15) is 35.3 Å². The molecule has 0 radical (unpaired) electrons. The second kappa shape index (κ2) is 13.8. The SMILES string of the molecule is COc1cccc(N[C@H]2CCCCC/C=C\[C@@H]3C[C@@]3(C(=O)NS(=O)(=O)C3CC3)NC(=O)[C@@H]3C[C@@H](Oc4nc5ccc(F)cc5s4)CN3C2=O)c1. The molecule has 0 bridgehead atoms. The van der Waals surface area contributed by atoms with Crippen LogP contribution in [0.25, 0.3) is 10.2 Å². The summed E-state index contributed by atoms with van der Waals surface area (Å²) in [4.78, 5) is 48.3. The molecule has 2 aliphatic heterocycles. The van der Waals surface area contributed by atoms with Gasteiger partial charge in [-0.3, -0.25) is 19.1 Å². The number of anilines is 1. The third-order valence-corrected chi connectivity index (χ3v) is 12.6. The highest BCUT2D eigenvalue weighted by molar-refractivity contribution is 7.91. The first-order chi connectivity index (χ1) is 24.0. The number of allylic oxidation sites excluding steroid dienone is 1. The maximum absolute atomic E-state index is 14.5. The molecule has 15 heteroatoms. The van der Waals surface area contributed by atoms with E-state index >= 15 is 0 Å². The van der Waals surface area contributed by atoms with Gasteiger partial charge in [0.2, 0.25) is 21.8 Å². The molecule has 1 saturated heterocycles. The highest BCUT2D eigenvalue weighted by Crippen LogP contribution is 2.46. The molecule has 266 valence electrons. The average Bonchev–Trinajstić information content (AvgIpc) is 3.98. The predicted molar refractivity (Wildman–Crippen MR) is 186 cm³/mol. The summed E-state index contributed by atoms with van der Waals surface area (Å²) in [6.45, 7) is 0.0656. The summed E-state index contributed by atoms with van der Waals surface area (Å²) in [5.41, 5.74) is -0.206. The van der Waals surface area contributed by atoms with Crippen molar-refractivity contribution >= 4 is 55.0 Å². The molecule has 1 aromatic heterocycles. The van der Waals surface area contributed by atoms with Gasteiger partial charge < -0.3 is 25.0 Å². The molecule has 3 fully saturated rings. The average molecular weight is 726 g/mol. The number of hydrogen-bond acceptors (Lipinski definition) is 10.